The number of ether oxygens (including phenoxy) is 2. The van der Waals surface area contributed by atoms with E-state index in [4.69, 9.17) is 13.9 Å². The molecule has 7 rings (SSSR count). The highest BCUT2D eigenvalue weighted by Crippen LogP contribution is 2.57. The van der Waals surface area contributed by atoms with E-state index in [0.717, 1.165) is 61.7 Å². The molecule has 3 atom stereocenters. The van der Waals surface area contributed by atoms with Gasteiger partial charge in [0.15, 0.2) is 14.1 Å². The highest BCUT2D eigenvalue weighted by molar-refractivity contribution is 8.00. The Morgan fingerprint density at radius 1 is 0.633 bits per heavy atom. The average Bonchev–Trinajstić information content (AvgIpc) is 3.76. The molecule has 60 heavy (non-hydrogen) atoms. The van der Waals surface area contributed by atoms with E-state index in [1.165, 1.54) is 33.4 Å². The summed E-state index contributed by atoms with van der Waals surface area (Å²) in [5.41, 5.74) is 8.82. The zero-order valence-corrected chi connectivity index (χ0v) is 38.6. The van der Waals surface area contributed by atoms with Crippen molar-refractivity contribution < 1.29 is 13.9 Å². The van der Waals surface area contributed by atoms with Gasteiger partial charge in [-0.15, -0.1) is 11.8 Å². The van der Waals surface area contributed by atoms with Crippen molar-refractivity contribution in [2.45, 2.75) is 100 Å². The van der Waals surface area contributed by atoms with Crippen molar-refractivity contribution in [1.29, 1.82) is 0 Å². The van der Waals surface area contributed by atoms with Crippen LogP contribution in [0.1, 0.15) is 85.4 Å². The number of methoxy groups -OCH3 is 1. The minimum atomic E-state index is -1.82. The summed E-state index contributed by atoms with van der Waals surface area (Å²) >= 11 is 1.95. The fourth-order valence-electron chi connectivity index (χ4n) is 9.38. The quantitative estimate of drug-likeness (QED) is 0.0637. The highest BCUT2D eigenvalue weighted by Gasteiger charge is 2.54. The Morgan fingerprint density at radius 3 is 1.58 bits per heavy atom. The number of rotatable bonds is 18. The lowest BCUT2D eigenvalue weighted by molar-refractivity contribution is -0.186. The van der Waals surface area contributed by atoms with Gasteiger partial charge in [-0.05, 0) is 79.1 Å². The highest BCUT2D eigenvalue weighted by atomic mass is 32.2. The third-order valence-corrected chi connectivity index (χ3v) is 18.8. The number of hydrogen-bond donors (Lipinski definition) is 0. The Kier molecular flexibility index (Phi) is 16.2. The maximum atomic E-state index is 6.98. The molecular formula is C55H66O3SSi. The van der Waals surface area contributed by atoms with Gasteiger partial charge in [0, 0.05) is 36.2 Å². The third-order valence-electron chi connectivity index (χ3n) is 12.9. The third kappa shape index (κ3) is 10.6. The van der Waals surface area contributed by atoms with E-state index in [-0.39, 0.29) is 16.3 Å². The summed E-state index contributed by atoms with van der Waals surface area (Å²) in [6.07, 6.45) is 3.84. The van der Waals surface area contributed by atoms with Crippen LogP contribution in [-0.2, 0) is 37.9 Å². The second kappa shape index (κ2) is 21.5. The van der Waals surface area contributed by atoms with Crippen LogP contribution in [0.15, 0.2) is 176 Å². The largest absolute Gasteiger partial charge is 0.386 e. The SMILES string of the molecule is CC1(C(c2ccccc2)C(Cc2ccccc2)(c2ccccc2)c2ccccc2)OCCS1.CC[Si](CC)(CC)OC(CCCc1ccc(C)cc1)(OC)c1ccccc1. The number of hydrogen-bond acceptors (Lipinski definition) is 4. The normalized spacial score (nSPS) is 17.0. The Morgan fingerprint density at radius 2 is 1.12 bits per heavy atom. The Balaban J connectivity index is 0.000000206. The summed E-state index contributed by atoms with van der Waals surface area (Å²) in [5, 5.41) is 0. The number of aryl methyl sites for hydroxylation is 2. The van der Waals surface area contributed by atoms with Gasteiger partial charge in [0.25, 0.3) is 0 Å². The van der Waals surface area contributed by atoms with Crippen molar-refractivity contribution >= 4 is 20.1 Å². The minimum absolute atomic E-state index is 0.115. The molecule has 6 aromatic rings. The summed E-state index contributed by atoms with van der Waals surface area (Å²) in [5.74, 6) is 0.495. The second-order valence-electron chi connectivity index (χ2n) is 16.4. The van der Waals surface area contributed by atoms with Crippen LogP contribution in [-0.4, -0.2) is 32.7 Å². The first-order chi connectivity index (χ1) is 29.2. The van der Waals surface area contributed by atoms with Crippen LogP contribution in [0.25, 0.3) is 0 Å². The lowest BCUT2D eigenvalue weighted by Crippen LogP contribution is -2.47. The lowest BCUT2D eigenvalue weighted by Gasteiger charge is -2.49. The summed E-state index contributed by atoms with van der Waals surface area (Å²) in [6, 6.07) is 66.7. The Hall–Kier alpha value is -4.23. The molecule has 314 valence electrons. The van der Waals surface area contributed by atoms with Crippen LogP contribution in [0.2, 0.25) is 18.1 Å². The van der Waals surface area contributed by atoms with E-state index >= 15 is 0 Å². The zero-order valence-electron chi connectivity index (χ0n) is 36.8. The van der Waals surface area contributed by atoms with Crippen molar-refractivity contribution in [3.8, 4) is 0 Å². The Labute approximate surface area is 367 Å². The van der Waals surface area contributed by atoms with E-state index < -0.39 is 14.1 Å². The van der Waals surface area contributed by atoms with Gasteiger partial charge in [0.1, 0.15) is 4.93 Å². The van der Waals surface area contributed by atoms with Gasteiger partial charge in [0.2, 0.25) is 0 Å². The smallest absolute Gasteiger partial charge is 0.196 e. The average molecular weight is 835 g/mol. The van der Waals surface area contributed by atoms with E-state index in [2.05, 4.69) is 211 Å². The van der Waals surface area contributed by atoms with Crippen LogP contribution >= 0.6 is 11.8 Å². The van der Waals surface area contributed by atoms with Gasteiger partial charge < -0.3 is 13.9 Å². The van der Waals surface area contributed by atoms with Gasteiger partial charge in [-0.25, -0.2) is 0 Å². The molecule has 5 heteroatoms. The molecule has 1 aliphatic heterocycles. The standard InChI is InChI=1S/C31H30OS.C24H36O2Si/c1-30(32-22-23-33-30)29(26-16-8-3-9-17-26)31(27-18-10-4-11-19-27,28-20-12-5-13-21-28)24-25-14-6-2-7-15-25;1-6-27(7-2,8-3)26-24(25-5,23-14-10-9-11-15-23)20-12-13-22-18-16-21(4)17-19-22/h2-21,29H,22-24H2,1H3;9-11,14-19H,6-8,12-13,20H2,1-5H3. The van der Waals surface area contributed by atoms with Gasteiger partial charge >= 0.3 is 0 Å². The lowest BCUT2D eigenvalue weighted by atomic mass is 9.59. The molecule has 6 aromatic carbocycles. The maximum Gasteiger partial charge on any atom is 0.196 e. The minimum Gasteiger partial charge on any atom is -0.386 e. The predicted octanol–water partition coefficient (Wildman–Crippen LogP) is 14.3. The molecule has 1 aliphatic rings. The molecule has 0 radical (unpaired) electrons. The topological polar surface area (TPSA) is 27.7 Å². The molecule has 1 fully saturated rings. The van der Waals surface area contributed by atoms with Crippen LogP contribution in [0.3, 0.4) is 0 Å². The summed E-state index contributed by atoms with van der Waals surface area (Å²) in [7, 11) is -0.0137. The fourth-order valence-corrected chi connectivity index (χ4v) is 13.6. The summed E-state index contributed by atoms with van der Waals surface area (Å²) in [4.78, 5) is -0.345. The van der Waals surface area contributed by atoms with E-state index in [9.17, 15) is 0 Å². The first-order valence-corrected chi connectivity index (χ1v) is 25.6. The summed E-state index contributed by atoms with van der Waals surface area (Å²) in [6.45, 7) is 12.0. The monoisotopic (exact) mass is 834 g/mol. The molecule has 0 bridgehead atoms. The molecule has 0 amide bonds. The molecule has 1 saturated heterocycles. The first-order valence-electron chi connectivity index (χ1n) is 22.1. The predicted molar refractivity (Wildman–Crippen MR) is 257 cm³/mol. The van der Waals surface area contributed by atoms with Crippen molar-refractivity contribution in [2.24, 2.45) is 0 Å². The molecule has 0 aliphatic carbocycles. The molecule has 0 saturated carbocycles. The second-order valence-corrected chi connectivity index (χ2v) is 22.6. The number of thioether (sulfide) groups is 1. The van der Waals surface area contributed by atoms with Crippen LogP contribution in [0.4, 0.5) is 0 Å². The van der Waals surface area contributed by atoms with Gasteiger partial charge in [-0.3, -0.25) is 0 Å². The van der Waals surface area contributed by atoms with Gasteiger partial charge in [0.05, 0.1) is 6.61 Å². The van der Waals surface area contributed by atoms with Crippen molar-refractivity contribution in [1.82, 2.24) is 0 Å². The van der Waals surface area contributed by atoms with Crippen LogP contribution < -0.4 is 0 Å². The van der Waals surface area contributed by atoms with Crippen LogP contribution in [0.5, 0.6) is 0 Å². The summed E-state index contributed by atoms with van der Waals surface area (Å²) < 4.78 is 19.7. The molecule has 0 aromatic heterocycles. The Bertz CT molecular complexity index is 2060. The molecule has 3 nitrogen and oxygen atoms in total. The molecule has 0 N–H and O–H groups in total. The first kappa shape index (κ1) is 45.3. The van der Waals surface area contributed by atoms with E-state index in [0.29, 0.717) is 0 Å². The molecular weight excluding hydrogens is 769 g/mol. The fraction of sp³-hybridized carbons (Fsp3) is 0.345. The van der Waals surface area contributed by atoms with E-state index in [1.54, 1.807) is 7.11 Å². The molecule has 1 heterocycles. The maximum absolute atomic E-state index is 6.98. The van der Waals surface area contributed by atoms with Gasteiger partial charge in [-0.2, -0.15) is 0 Å². The van der Waals surface area contributed by atoms with E-state index in [1.807, 2.05) is 11.8 Å². The van der Waals surface area contributed by atoms with Crippen molar-refractivity contribution in [3.05, 3.63) is 215 Å². The molecule has 3 unspecified atom stereocenters. The van der Waals surface area contributed by atoms with Gasteiger partial charge in [-0.1, -0.05) is 202 Å². The van der Waals surface area contributed by atoms with Crippen molar-refractivity contribution in [2.75, 3.05) is 19.5 Å². The van der Waals surface area contributed by atoms with Crippen LogP contribution in [0, 0.1) is 6.92 Å². The van der Waals surface area contributed by atoms with Crippen molar-refractivity contribution in [3.63, 3.8) is 0 Å². The molecule has 0 spiro atoms. The zero-order chi connectivity index (χ0) is 42.3. The number of benzene rings is 6.